The van der Waals surface area contributed by atoms with Crippen molar-refractivity contribution in [1.29, 1.82) is 0 Å². The van der Waals surface area contributed by atoms with Crippen LogP contribution in [-0.4, -0.2) is 48.1 Å². The quantitative estimate of drug-likeness (QED) is 0.664. The number of aromatic nitrogens is 2. The van der Waals surface area contributed by atoms with Crippen molar-refractivity contribution in [2.24, 2.45) is 0 Å². The van der Waals surface area contributed by atoms with Gasteiger partial charge in [0.05, 0.1) is 5.52 Å². The van der Waals surface area contributed by atoms with E-state index < -0.39 is 0 Å². The molecule has 4 nitrogen and oxygen atoms in total. The molecule has 27 heavy (non-hydrogen) atoms. The monoisotopic (exact) mass is 382 g/mol. The molecule has 142 valence electrons. The Morgan fingerprint density at radius 3 is 2.33 bits per heavy atom. The maximum absolute atomic E-state index is 5.00. The third kappa shape index (κ3) is 4.07. The van der Waals surface area contributed by atoms with Crippen molar-refractivity contribution >= 4 is 29.1 Å². The zero-order valence-electron chi connectivity index (χ0n) is 16.2. The molecule has 1 fully saturated rings. The fraction of sp³-hybridized carbons (Fsp3) is 0.364. The number of hydrogen-bond acceptors (Lipinski definition) is 4. The highest BCUT2D eigenvalue weighted by Gasteiger charge is 2.23. The zero-order chi connectivity index (χ0) is 18.1. The standard InChI is InChI=1S/C22H26N4.ClH/c1-16-8-10-17(11-9-16)21-23-20-7-5-4-6-19(20)22(24-21)26(3)18-12-14-25(2)15-13-18;/h4-11,18H,12-15H2,1-3H3;1H. The zero-order valence-corrected chi connectivity index (χ0v) is 17.0. The number of rotatable bonds is 3. The van der Waals surface area contributed by atoms with E-state index in [9.17, 15) is 0 Å². The number of anilines is 1. The van der Waals surface area contributed by atoms with Gasteiger partial charge in [0.1, 0.15) is 5.82 Å². The van der Waals surface area contributed by atoms with Gasteiger partial charge >= 0.3 is 0 Å². The highest BCUT2D eigenvalue weighted by atomic mass is 35.5. The van der Waals surface area contributed by atoms with Crippen molar-refractivity contribution in [2.45, 2.75) is 25.8 Å². The summed E-state index contributed by atoms with van der Waals surface area (Å²) in [5.74, 6) is 1.85. The van der Waals surface area contributed by atoms with Crippen molar-refractivity contribution < 1.29 is 0 Å². The first-order valence-electron chi connectivity index (χ1n) is 9.37. The SMILES string of the molecule is Cc1ccc(-c2nc(N(C)C3CCN(C)CC3)c3ccccc3n2)cc1.Cl. The molecule has 0 unspecified atom stereocenters. The molecule has 4 rings (SSSR count). The van der Waals surface area contributed by atoms with Gasteiger partial charge in [-0.25, -0.2) is 9.97 Å². The van der Waals surface area contributed by atoms with Gasteiger partial charge < -0.3 is 9.80 Å². The molecule has 0 atom stereocenters. The molecule has 2 heterocycles. The largest absolute Gasteiger partial charge is 0.356 e. The number of benzene rings is 2. The van der Waals surface area contributed by atoms with Crippen molar-refractivity contribution in [3.05, 3.63) is 54.1 Å². The van der Waals surface area contributed by atoms with Crippen LogP contribution in [0.25, 0.3) is 22.3 Å². The summed E-state index contributed by atoms with van der Waals surface area (Å²) in [5, 5.41) is 1.13. The Morgan fingerprint density at radius 1 is 0.963 bits per heavy atom. The van der Waals surface area contributed by atoms with Gasteiger partial charge in [0, 0.05) is 24.0 Å². The summed E-state index contributed by atoms with van der Waals surface area (Å²) in [6.45, 7) is 4.38. The number of halogens is 1. The van der Waals surface area contributed by atoms with Crippen LogP contribution in [0.1, 0.15) is 18.4 Å². The molecule has 1 aliphatic rings. The molecule has 1 aliphatic heterocycles. The summed E-state index contributed by atoms with van der Waals surface area (Å²) in [7, 11) is 4.38. The lowest BCUT2D eigenvalue weighted by Gasteiger charge is -2.36. The fourth-order valence-corrected chi connectivity index (χ4v) is 3.72. The maximum atomic E-state index is 5.00. The minimum absolute atomic E-state index is 0. The second-order valence-electron chi connectivity index (χ2n) is 7.40. The Balaban J connectivity index is 0.00000210. The molecule has 0 spiro atoms. The van der Waals surface area contributed by atoms with E-state index >= 15 is 0 Å². The van der Waals surface area contributed by atoms with Crippen LogP contribution in [0, 0.1) is 6.92 Å². The molecule has 0 radical (unpaired) electrons. The first kappa shape index (κ1) is 19.6. The minimum Gasteiger partial charge on any atom is -0.356 e. The fourth-order valence-electron chi connectivity index (χ4n) is 3.72. The second-order valence-corrected chi connectivity index (χ2v) is 7.40. The van der Waals surface area contributed by atoms with Gasteiger partial charge in [-0.2, -0.15) is 0 Å². The minimum atomic E-state index is 0. The van der Waals surface area contributed by atoms with Crippen LogP contribution in [0.4, 0.5) is 5.82 Å². The van der Waals surface area contributed by atoms with Crippen molar-refractivity contribution in [3.63, 3.8) is 0 Å². The van der Waals surface area contributed by atoms with Crippen LogP contribution in [0.3, 0.4) is 0 Å². The van der Waals surface area contributed by atoms with Crippen LogP contribution in [0.2, 0.25) is 0 Å². The third-order valence-electron chi connectivity index (χ3n) is 5.46. The van der Waals surface area contributed by atoms with E-state index in [1.807, 2.05) is 6.07 Å². The second kappa shape index (κ2) is 8.24. The molecule has 3 aromatic rings. The van der Waals surface area contributed by atoms with Crippen LogP contribution in [-0.2, 0) is 0 Å². The molecular weight excluding hydrogens is 356 g/mol. The Morgan fingerprint density at radius 2 is 1.63 bits per heavy atom. The molecule has 1 saturated heterocycles. The Hall–Kier alpha value is -2.17. The lowest BCUT2D eigenvalue weighted by molar-refractivity contribution is 0.252. The van der Waals surface area contributed by atoms with Gasteiger partial charge in [0.15, 0.2) is 5.82 Å². The third-order valence-corrected chi connectivity index (χ3v) is 5.46. The first-order chi connectivity index (χ1) is 12.6. The predicted octanol–water partition coefficient (Wildman–Crippen LogP) is 4.56. The van der Waals surface area contributed by atoms with Crippen molar-refractivity contribution in [2.75, 3.05) is 32.1 Å². The number of fused-ring (bicyclic) bond motifs is 1. The van der Waals surface area contributed by atoms with Crippen LogP contribution < -0.4 is 4.90 Å². The van der Waals surface area contributed by atoms with E-state index in [4.69, 9.17) is 9.97 Å². The molecule has 2 aromatic carbocycles. The van der Waals surface area contributed by atoms with Crippen LogP contribution in [0.15, 0.2) is 48.5 Å². The molecule has 0 saturated carbocycles. The Kier molecular flexibility index (Phi) is 5.98. The highest BCUT2D eigenvalue weighted by Crippen LogP contribution is 2.30. The summed E-state index contributed by atoms with van der Waals surface area (Å²) < 4.78 is 0. The normalized spacial score (nSPS) is 15.5. The van der Waals surface area contributed by atoms with E-state index in [0.717, 1.165) is 41.2 Å². The highest BCUT2D eigenvalue weighted by molar-refractivity contribution is 5.91. The molecule has 0 bridgehead atoms. The number of aryl methyl sites for hydroxylation is 1. The Bertz CT molecular complexity index is 902. The van der Waals surface area contributed by atoms with E-state index in [1.165, 1.54) is 18.4 Å². The van der Waals surface area contributed by atoms with E-state index in [1.54, 1.807) is 0 Å². The van der Waals surface area contributed by atoms with Crippen LogP contribution in [0.5, 0.6) is 0 Å². The van der Waals surface area contributed by atoms with E-state index in [-0.39, 0.29) is 12.4 Å². The molecule has 0 N–H and O–H groups in total. The average Bonchev–Trinajstić information content (AvgIpc) is 2.68. The topological polar surface area (TPSA) is 32.3 Å². The van der Waals surface area contributed by atoms with Gasteiger partial charge in [0.25, 0.3) is 0 Å². The number of para-hydroxylation sites is 1. The summed E-state index contributed by atoms with van der Waals surface area (Å²) in [6.07, 6.45) is 2.34. The lowest BCUT2D eigenvalue weighted by Crippen LogP contribution is -2.42. The van der Waals surface area contributed by atoms with E-state index in [0.29, 0.717) is 6.04 Å². The summed E-state index contributed by atoms with van der Waals surface area (Å²) in [5.41, 5.74) is 3.32. The van der Waals surface area contributed by atoms with Gasteiger partial charge in [-0.15, -0.1) is 12.4 Å². The first-order valence-corrected chi connectivity index (χ1v) is 9.37. The van der Waals surface area contributed by atoms with Gasteiger partial charge in [-0.1, -0.05) is 42.0 Å². The Labute approximate surface area is 167 Å². The number of piperidine rings is 1. The predicted molar refractivity (Wildman–Crippen MR) is 116 cm³/mol. The lowest BCUT2D eigenvalue weighted by atomic mass is 10.0. The summed E-state index contributed by atoms with van der Waals surface area (Å²) in [4.78, 5) is 14.6. The van der Waals surface area contributed by atoms with Crippen molar-refractivity contribution in [1.82, 2.24) is 14.9 Å². The summed E-state index contributed by atoms with van der Waals surface area (Å²) >= 11 is 0. The smallest absolute Gasteiger partial charge is 0.162 e. The molecular formula is C22H27ClN4. The number of nitrogens with zero attached hydrogens (tertiary/aromatic N) is 4. The molecule has 0 amide bonds. The van der Waals surface area contributed by atoms with Gasteiger partial charge in [-0.05, 0) is 52.0 Å². The van der Waals surface area contributed by atoms with Gasteiger partial charge in [0.2, 0.25) is 0 Å². The van der Waals surface area contributed by atoms with Crippen molar-refractivity contribution in [3.8, 4) is 11.4 Å². The number of hydrogen-bond donors (Lipinski definition) is 0. The molecule has 5 heteroatoms. The average molecular weight is 383 g/mol. The maximum Gasteiger partial charge on any atom is 0.162 e. The van der Waals surface area contributed by atoms with E-state index in [2.05, 4.69) is 73.3 Å². The van der Waals surface area contributed by atoms with Crippen LogP contribution >= 0.6 is 12.4 Å². The number of likely N-dealkylation sites (tertiary alicyclic amines) is 1. The molecule has 0 aliphatic carbocycles. The summed E-state index contributed by atoms with van der Waals surface area (Å²) in [6, 6.07) is 17.3. The van der Waals surface area contributed by atoms with Gasteiger partial charge in [-0.3, -0.25) is 0 Å². The molecule has 1 aromatic heterocycles.